The van der Waals surface area contributed by atoms with Crippen LogP contribution in [0.25, 0.3) is 10.9 Å². The lowest BCUT2D eigenvalue weighted by Crippen LogP contribution is -1.97. The Hall–Kier alpha value is -1.09. The number of aromatic amines is 1. The molecule has 2 nitrogen and oxygen atoms in total. The van der Waals surface area contributed by atoms with E-state index in [0.29, 0.717) is 6.42 Å². The molecule has 0 spiro atoms. The molecule has 1 heterocycles. The van der Waals surface area contributed by atoms with E-state index in [1.807, 2.05) is 19.1 Å². The highest BCUT2D eigenvalue weighted by Gasteiger charge is 2.09. The van der Waals surface area contributed by atoms with Crippen LogP contribution in [0.4, 0.5) is 0 Å². The van der Waals surface area contributed by atoms with E-state index in [0.717, 1.165) is 15.7 Å². The molecule has 78 valence electrons. The Labute approximate surface area is 96.8 Å². The molecule has 0 saturated heterocycles. The van der Waals surface area contributed by atoms with Crippen LogP contribution in [0.5, 0.6) is 0 Å². The normalized spacial score (nSPS) is 10.9. The van der Waals surface area contributed by atoms with E-state index >= 15 is 0 Å². The van der Waals surface area contributed by atoms with Gasteiger partial charge in [-0.3, -0.25) is 4.79 Å². The van der Waals surface area contributed by atoms with Crippen molar-refractivity contribution in [2.45, 2.75) is 20.3 Å². The summed E-state index contributed by atoms with van der Waals surface area (Å²) in [6.07, 6.45) is 0.484. The van der Waals surface area contributed by atoms with E-state index in [-0.39, 0.29) is 5.78 Å². The molecule has 1 aromatic heterocycles. The second kappa shape index (κ2) is 3.81. The standard InChI is InChI=1S/C12H12BrNO/c1-7(15)5-12-8(2)10-6-9(13)3-4-11(10)14-12/h3-4,6,14H,5H2,1-2H3. The van der Waals surface area contributed by atoms with Gasteiger partial charge in [-0.15, -0.1) is 0 Å². The molecule has 0 aliphatic rings. The molecule has 2 rings (SSSR count). The Balaban J connectivity index is 2.59. The quantitative estimate of drug-likeness (QED) is 0.888. The maximum absolute atomic E-state index is 11.1. The zero-order chi connectivity index (χ0) is 11.0. The third-order valence-corrected chi connectivity index (χ3v) is 3.04. The fraction of sp³-hybridized carbons (Fsp3) is 0.250. The van der Waals surface area contributed by atoms with Crippen LogP contribution in [0.3, 0.4) is 0 Å². The summed E-state index contributed by atoms with van der Waals surface area (Å²) in [5.74, 6) is 0.184. The number of halogens is 1. The lowest BCUT2D eigenvalue weighted by atomic mass is 10.1. The Morgan fingerprint density at radius 1 is 1.47 bits per heavy atom. The van der Waals surface area contributed by atoms with Crippen molar-refractivity contribution in [1.29, 1.82) is 0 Å². The summed E-state index contributed by atoms with van der Waals surface area (Å²) < 4.78 is 1.06. The van der Waals surface area contributed by atoms with Gasteiger partial charge in [0.15, 0.2) is 0 Å². The number of fused-ring (bicyclic) bond motifs is 1. The van der Waals surface area contributed by atoms with Crippen molar-refractivity contribution in [2.24, 2.45) is 0 Å². The van der Waals surface area contributed by atoms with E-state index in [1.54, 1.807) is 6.92 Å². The van der Waals surface area contributed by atoms with Crippen LogP contribution < -0.4 is 0 Å². The molecule has 0 saturated carbocycles. The molecule has 0 atom stereocenters. The number of aryl methyl sites for hydroxylation is 1. The van der Waals surface area contributed by atoms with Crippen molar-refractivity contribution >= 4 is 32.6 Å². The number of carbonyl (C=O) groups is 1. The fourth-order valence-electron chi connectivity index (χ4n) is 1.78. The maximum atomic E-state index is 11.1. The minimum Gasteiger partial charge on any atom is -0.358 e. The molecule has 0 bridgehead atoms. The van der Waals surface area contributed by atoms with Gasteiger partial charge in [0.1, 0.15) is 5.78 Å². The Kier molecular flexibility index (Phi) is 2.65. The summed E-state index contributed by atoms with van der Waals surface area (Å²) in [7, 11) is 0. The van der Waals surface area contributed by atoms with E-state index in [2.05, 4.69) is 27.0 Å². The molecular formula is C12H12BrNO. The average Bonchev–Trinajstić information content (AvgIpc) is 2.44. The summed E-state index contributed by atoms with van der Waals surface area (Å²) >= 11 is 3.45. The topological polar surface area (TPSA) is 32.9 Å². The van der Waals surface area contributed by atoms with Crippen LogP contribution in [0.1, 0.15) is 18.2 Å². The number of carbonyl (C=O) groups excluding carboxylic acids is 1. The van der Waals surface area contributed by atoms with Crippen LogP contribution in [0.2, 0.25) is 0 Å². The number of Topliss-reactive ketones (excluding diaryl/α,β-unsaturated/α-hetero) is 1. The van der Waals surface area contributed by atoms with Gasteiger partial charge >= 0.3 is 0 Å². The zero-order valence-electron chi connectivity index (χ0n) is 8.73. The molecule has 15 heavy (non-hydrogen) atoms. The Bertz CT molecular complexity index is 528. The monoisotopic (exact) mass is 265 g/mol. The molecule has 0 fully saturated rings. The van der Waals surface area contributed by atoms with E-state index < -0.39 is 0 Å². The first-order chi connectivity index (χ1) is 7.08. The van der Waals surface area contributed by atoms with Gasteiger partial charge in [-0.1, -0.05) is 15.9 Å². The third kappa shape index (κ3) is 1.97. The van der Waals surface area contributed by atoms with Gasteiger partial charge in [0.05, 0.1) is 0 Å². The Morgan fingerprint density at radius 3 is 2.87 bits per heavy atom. The van der Waals surface area contributed by atoms with Crippen molar-refractivity contribution in [3.8, 4) is 0 Å². The lowest BCUT2D eigenvalue weighted by Gasteiger charge is -1.95. The van der Waals surface area contributed by atoms with Gasteiger partial charge in [0, 0.05) is 27.5 Å². The van der Waals surface area contributed by atoms with Crippen LogP contribution in [-0.4, -0.2) is 10.8 Å². The molecule has 1 N–H and O–H groups in total. The van der Waals surface area contributed by atoms with E-state index in [1.165, 1.54) is 10.9 Å². The molecular weight excluding hydrogens is 254 g/mol. The number of ketones is 1. The molecule has 1 aromatic carbocycles. The molecule has 0 aliphatic carbocycles. The molecule has 0 unspecified atom stereocenters. The minimum atomic E-state index is 0.184. The first-order valence-corrected chi connectivity index (χ1v) is 5.63. The summed E-state index contributed by atoms with van der Waals surface area (Å²) in [6.45, 7) is 3.66. The van der Waals surface area contributed by atoms with Crippen molar-refractivity contribution in [3.63, 3.8) is 0 Å². The second-order valence-electron chi connectivity index (χ2n) is 3.80. The first kappa shape index (κ1) is 10.4. The summed E-state index contributed by atoms with van der Waals surface area (Å²) in [5.41, 5.74) is 3.28. The lowest BCUT2D eigenvalue weighted by molar-refractivity contribution is -0.116. The number of H-pyrrole nitrogens is 1. The van der Waals surface area contributed by atoms with Crippen LogP contribution in [0.15, 0.2) is 22.7 Å². The molecule has 3 heteroatoms. The van der Waals surface area contributed by atoms with Crippen molar-refractivity contribution in [3.05, 3.63) is 33.9 Å². The maximum Gasteiger partial charge on any atom is 0.135 e. The van der Waals surface area contributed by atoms with Gasteiger partial charge in [-0.2, -0.15) is 0 Å². The van der Waals surface area contributed by atoms with Gasteiger partial charge in [0.25, 0.3) is 0 Å². The largest absolute Gasteiger partial charge is 0.358 e. The first-order valence-electron chi connectivity index (χ1n) is 4.84. The molecule has 0 radical (unpaired) electrons. The van der Waals surface area contributed by atoms with E-state index in [9.17, 15) is 4.79 Å². The van der Waals surface area contributed by atoms with Crippen LogP contribution in [-0.2, 0) is 11.2 Å². The fourth-order valence-corrected chi connectivity index (χ4v) is 2.14. The number of hydrogen-bond acceptors (Lipinski definition) is 1. The second-order valence-corrected chi connectivity index (χ2v) is 4.71. The van der Waals surface area contributed by atoms with Gasteiger partial charge in [-0.05, 0) is 37.6 Å². The molecule has 2 aromatic rings. The van der Waals surface area contributed by atoms with Gasteiger partial charge < -0.3 is 4.98 Å². The SMILES string of the molecule is CC(=O)Cc1[nH]c2ccc(Br)cc2c1C. The minimum absolute atomic E-state index is 0.184. The van der Waals surface area contributed by atoms with Gasteiger partial charge in [-0.25, -0.2) is 0 Å². The number of hydrogen-bond donors (Lipinski definition) is 1. The van der Waals surface area contributed by atoms with E-state index in [4.69, 9.17) is 0 Å². The Morgan fingerprint density at radius 2 is 2.20 bits per heavy atom. The smallest absolute Gasteiger partial charge is 0.135 e. The number of benzene rings is 1. The summed E-state index contributed by atoms with van der Waals surface area (Å²) in [6, 6.07) is 6.09. The molecule has 0 amide bonds. The predicted octanol–water partition coefficient (Wildman–Crippen LogP) is 3.37. The van der Waals surface area contributed by atoms with Crippen molar-refractivity contribution < 1.29 is 4.79 Å². The van der Waals surface area contributed by atoms with Crippen molar-refractivity contribution in [1.82, 2.24) is 4.98 Å². The van der Waals surface area contributed by atoms with Crippen LogP contribution >= 0.6 is 15.9 Å². The highest BCUT2D eigenvalue weighted by atomic mass is 79.9. The summed E-state index contributed by atoms with van der Waals surface area (Å²) in [5, 5.41) is 1.18. The number of nitrogens with one attached hydrogen (secondary N) is 1. The predicted molar refractivity (Wildman–Crippen MR) is 65.1 cm³/mol. The number of aromatic nitrogens is 1. The van der Waals surface area contributed by atoms with Crippen molar-refractivity contribution in [2.75, 3.05) is 0 Å². The average molecular weight is 266 g/mol. The van der Waals surface area contributed by atoms with Gasteiger partial charge in [0.2, 0.25) is 0 Å². The third-order valence-electron chi connectivity index (χ3n) is 2.55. The van der Waals surface area contributed by atoms with Crippen LogP contribution in [0, 0.1) is 6.92 Å². The highest BCUT2D eigenvalue weighted by Crippen LogP contribution is 2.25. The summed E-state index contributed by atoms with van der Waals surface area (Å²) in [4.78, 5) is 14.4. The molecule has 0 aliphatic heterocycles. The highest BCUT2D eigenvalue weighted by molar-refractivity contribution is 9.10. The zero-order valence-corrected chi connectivity index (χ0v) is 10.3. The number of rotatable bonds is 2.